The van der Waals surface area contributed by atoms with Gasteiger partial charge in [0.15, 0.2) is 5.82 Å². The van der Waals surface area contributed by atoms with Crippen LogP contribution in [0.4, 0.5) is 5.82 Å². The molecule has 0 radical (unpaired) electrons. The Morgan fingerprint density at radius 3 is 2.69 bits per heavy atom. The van der Waals surface area contributed by atoms with Gasteiger partial charge in [-0.2, -0.15) is 0 Å². The lowest BCUT2D eigenvalue weighted by Crippen LogP contribution is -2.28. The van der Waals surface area contributed by atoms with E-state index in [0.717, 1.165) is 0 Å². The minimum atomic E-state index is -0.566. The van der Waals surface area contributed by atoms with Gasteiger partial charge in [0.05, 0.1) is 12.5 Å². The average molecular weight is 241 g/mol. The van der Waals surface area contributed by atoms with E-state index in [2.05, 4.69) is 9.97 Å². The third kappa shape index (κ3) is 3.10. The Kier molecular flexibility index (Phi) is 4.12. The van der Waals surface area contributed by atoms with E-state index < -0.39 is 5.41 Å². The molecule has 0 unspecified atom stereocenters. The number of hydrogen-bond donors (Lipinski definition) is 1. The van der Waals surface area contributed by atoms with E-state index in [1.807, 2.05) is 13.8 Å². The monoisotopic (exact) mass is 241 g/mol. The van der Waals surface area contributed by atoms with Crippen LogP contribution in [0.15, 0.2) is 17.4 Å². The highest BCUT2D eigenvalue weighted by Gasteiger charge is 2.29. The third-order valence-corrected chi connectivity index (χ3v) is 3.45. The number of rotatable bonds is 4. The second-order valence-electron chi connectivity index (χ2n) is 3.91. The summed E-state index contributed by atoms with van der Waals surface area (Å²) in [5.74, 6) is 0.679. The fourth-order valence-corrected chi connectivity index (χ4v) is 1.98. The molecular weight excluding hydrogens is 226 g/mol. The molecule has 0 aliphatic rings. The minimum Gasteiger partial charge on any atom is -0.469 e. The van der Waals surface area contributed by atoms with E-state index in [9.17, 15) is 4.79 Å². The second kappa shape index (κ2) is 5.16. The van der Waals surface area contributed by atoms with Crippen molar-refractivity contribution in [3.63, 3.8) is 0 Å². The second-order valence-corrected chi connectivity index (χ2v) is 4.87. The highest BCUT2D eigenvalue weighted by atomic mass is 32.2. The van der Waals surface area contributed by atoms with Gasteiger partial charge in [-0.1, -0.05) is 0 Å². The fourth-order valence-electron chi connectivity index (χ4n) is 1.03. The Bertz CT molecular complexity index is 382. The van der Waals surface area contributed by atoms with E-state index in [1.54, 1.807) is 6.20 Å². The van der Waals surface area contributed by atoms with E-state index >= 15 is 0 Å². The minimum absolute atomic E-state index is 0.248. The maximum Gasteiger partial charge on any atom is 0.312 e. The molecule has 0 saturated heterocycles. The molecule has 0 amide bonds. The van der Waals surface area contributed by atoms with Gasteiger partial charge in [0.25, 0.3) is 0 Å². The number of aromatic nitrogens is 2. The van der Waals surface area contributed by atoms with Gasteiger partial charge in [0, 0.05) is 18.1 Å². The van der Waals surface area contributed by atoms with Gasteiger partial charge in [0.2, 0.25) is 0 Å². The molecule has 2 N–H and O–H groups in total. The highest BCUT2D eigenvalue weighted by Crippen LogP contribution is 2.29. The van der Waals surface area contributed by atoms with Crippen LogP contribution < -0.4 is 5.73 Å². The van der Waals surface area contributed by atoms with Crippen LogP contribution >= 0.6 is 11.8 Å². The first-order valence-electron chi connectivity index (χ1n) is 4.75. The van der Waals surface area contributed by atoms with Crippen molar-refractivity contribution in [3.05, 3.63) is 12.4 Å². The van der Waals surface area contributed by atoms with E-state index in [-0.39, 0.29) is 5.97 Å². The number of anilines is 1. The zero-order chi connectivity index (χ0) is 12.2. The summed E-state index contributed by atoms with van der Waals surface area (Å²) in [5, 5.41) is 0.638. The standard InChI is InChI=1S/C10H15N3O2S/c1-10(2,9(14)15-3)6-16-8-7(11)12-4-5-13-8/h4-5H,6H2,1-3H3,(H2,11,12). The molecular formula is C10H15N3O2S. The lowest BCUT2D eigenvalue weighted by Gasteiger charge is -2.20. The summed E-state index contributed by atoms with van der Waals surface area (Å²) >= 11 is 1.40. The molecule has 6 heteroatoms. The van der Waals surface area contributed by atoms with E-state index in [0.29, 0.717) is 16.6 Å². The Morgan fingerprint density at radius 2 is 2.12 bits per heavy atom. The van der Waals surface area contributed by atoms with Gasteiger partial charge >= 0.3 is 5.97 Å². The van der Waals surface area contributed by atoms with Crippen LogP contribution in [0.3, 0.4) is 0 Å². The molecule has 1 aromatic heterocycles. The molecule has 0 aliphatic heterocycles. The number of carbonyl (C=O) groups excluding carboxylic acids is 1. The van der Waals surface area contributed by atoms with Crippen LogP contribution in [-0.2, 0) is 9.53 Å². The predicted molar refractivity (Wildman–Crippen MR) is 63.0 cm³/mol. The largest absolute Gasteiger partial charge is 0.469 e. The summed E-state index contributed by atoms with van der Waals surface area (Å²) in [7, 11) is 1.38. The predicted octanol–water partition coefficient (Wildman–Crippen LogP) is 1.35. The van der Waals surface area contributed by atoms with Crippen molar-refractivity contribution in [3.8, 4) is 0 Å². The summed E-state index contributed by atoms with van der Waals surface area (Å²) in [6.07, 6.45) is 3.11. The SMILES string of the molecule is COC(=O)C(C)(C)CSc1nccnc1N. The first kappa shape index (κ1) is 12.8. The van der Waals surface area contributed by atoms with Crippen LogP contribution in [0, 0.1) is 5.41 Å². The number of nitrogen functional groups attached to an aromatic ring is 1. The number of nitrogens with two attached hydrogens (primary N) is 1. The Hall–Kier alpha value is -1.30. The molecule has 16 heavy (non-hydrogen) atoms. The first-order chi connectivity index (χ1) is 7.47. The number of ether oxygens (including phenoxy) is 1. The van der Waals surface area contributed by atoms with Crippen molar-refractivity contribution < 1.29 is 9.53 Å². The van der Waals surface area contributed by atoms with Crippen LogP contribution in [0.5, 0.6) is 0 Å². The molecule has 88 valence electrons. The number of nitrogens with zero attached hydrogens (tertiary/aromatic N) is 2. The zero-order valence-corrected chi connectivity index (χ0v) is 10.4. The Labute approximate surface area is 98.8 Å². The third-order valence-electron chi connectivity index (χ3n) is 2.00. The zero-order valence-electron chi connectivity index (χ0n) is 9.56. The summed E-state index contributed by atoms with van der Waals surface area (Å²) in [6, 6.07) is 0. The first-order valence-corrected chi connectivity index (χ1v) is 5.73. The van der Waals surface area contributed by atoms with Gasteiger partial charge in [0.1, 0.15) is 5.03 Å². The normalized spacial score (nSPS) is 11.2. The lowest BCUT2D eigenvalue weighted by molar-refractivity contribution is -0.149. The molecule has 0 aliphatic carbocycles. The van der Waals surface area contributed by atoms with Gasteiger partial charge in [-0.3, -0.25) is 4.79 Å². The van der Waals surface area contributed by atoms with Crippen molar-refractivity contribution in [2.75, 3.05) is 18.6 Å². The maximum atomic E-state index is 11.4. The number of esters is 1. The van der Waals surface area contributed by atoms with Crippen molar-refractivity contribution in [2.24, 2.45) is 5.41 Å². The van der Waals surface area contributed by atoms with E-state index in [4.69, 9.17) is 10.5 Å². The average Bonchev–Trinajstić information content (AvgIpc) is 2.27. The highest BCUT2D eigenvalue weighted by molar-refractivity contribution is 7.99. The van der Waals surface area contributed by atoms with Crippen molar-refractivity contribution in [1.82, 2.24) is 9.97 Å². The number of thioether (sulfide) groups is 1. The van der Waals surface area contributed by atoms with Crippen LogP contribution in [0.1, 0.15) is 13.8 Å². The quantitative estimate of drug-likeness (QED) is 0.633. The van der Waals surface area contributed by atoms with Crippen LogP contribution in [-0.4, -0.2) is 28.8 Å². The van der Waals surface area contributed by atoms with Gasteiger partial charge in [-0.25, -0.2) is 9.97 Å². The number of hydrogen-bond acceptors (Lipinski definition) is 6. The van der Waals surface area contributed by atoms with Gasteiger partial charge < -0.3 is 10.5 Å². The van der Waals surface area contributed by atoms with Gasteiger partial charge in [-0.15, -0.1) is 11.8 Å². The van der Waals surface area contributed by atoms with Crippen LogP contribution in [0.25, 0.3) is 0 Å². The molecule has 1 heterocycles. The molecule has 0 spiro atoms. The molecule has 1 rings (SSSR count). The fraction of sp³-hybridized carbons (Fsp3) is 0.500. The molecule has 5 nitrogen and oxygen atoms in total. The Morgan fingerprint density at radius 1 is 1.50 bits per heavy atom. The molecule has 0 atom stereocenters. The Balaban J connectivity index is 2.65. The summed E-state index contributed by atoms with van der Waals surface area (Å²) in [6.45, 7) is 3.64. The molecule has 0 bridgehead atoms. The van der Waals surface area contributed by atoms with Gasteiger partial charge in [-0.05, 0) is 13.8 Å². The number of carbonyl (C=O) groups is 1. The topological polar surface area (TPSA) is 78.1 Å². The molecule has 0 aromatic carbocycles. The summed E-state index contributed by atoms with van der Waals surface area (Å²) in [5.41, 5.74) is 5.08. The lowest BCUT2D eigenvalue weighted by atomic mass is 9.97. The smallest absolute Gasteiger partial charge is 0.312 e. The molecule has 1 aromatic rings. The number of methoxy groups -OCH3 is 1. The molecule has 0 saturated carbocycles. The van der Waals surface area contributed by atoms with Crippen molar-refractivity contribution in [1.29, 1.82) is 0 Å². The van der Waals surface area contributed by atoms with Crippen molar-refractivity contribution >= 4 is 23.5 Å². The summed E-state index contributed by atoms with van der Waals surface area (Å²) < 4.78 is 4.71. The summed E-state index contributed by atoms with van der Waals surface area (Å²) in [4.78, 5) is 19.4. The van der Waals surface area contributed by atoms with Crippen LogP contribution in [0.2, 0.25) is 0 Å². The van der Waals surface area contributed by atoms with E-state index in [1.165, 1.54) is 25.1 Å². The maximum absolute atomic E-state index is 11.4. The molecule has 0 fully saturated rings. The van der Waals surface area contributed by atoms with Crippen molar-refractivity contribution in [2.45, 2.75) is 18.9 Å².